The number of halogens is 4. The Morgan fingerprint density at radius 1 is 1.13 bits per heavy atom. The molecular formula is C21H17ClF3N3O2. The number of hydrogen-bond acceptors (Lipinski definition) is 3. The molecule has 5 nitrogen and oxygen atoms in total. The number of hydrogen-bond donors (Lipinski definition) is 0. The van der Waals surface area contributed by atoms with Gasteiger partial charge in [0.15, 0.2) is 17.5 Å². The lowest BCUT2D eigenvalue weighted by atomic mass is 9.99. The van der Waals surface area contributed by atoms with Crippen molar-refractivity contribution in [1.82, 2.24) is 14.7 Å². The van der Waals surface area contributed by atoms with E-state index in [1.807, 2.05) is 0 Å². The van der Waals surface area contributed by atoms with E-state index in [9.17, 15) is 18.0 Å². The van der Waals surface area contributed by atoms with Gasteiger partial charge in [-0.25, -0.2) is 13.2 Å². The average molecular weight is 436 g/mol. The Balaban J connectivity index is 1.66. The second-order valence-electron chi connectivity index (χ2n) is 7.01. The summed E-state index contributed by atoms with van der Waals surface area (Å²) in [6, 6.07) is 6.68. The van der Waals surface area contributed by atoms with Crippen LogP contribution in [-0.2, 0) is 20.0 Å². The lowest BCUT2D eigenvalue weighted by molar-refractivity contribution is 0.0732. The molecule has 0 saturated heterocycles. The minimum Gasteiger partial charge on any atom is -0.497 e. The molecule has 0 N–H and O–H groups in total. The number of aromatic nitrogens is 2. The molecule has 3 aromatic rings. The molecule has 0 unspecified atom stereocenters. The highest BCUT2D eigenvalue weighted by Crippen LogP contribution is 2.32. The Hall–Kier alpha value is -3.00. The summed E-state index contributed by atoms with van der Waals surface area (Å²) in [4.78, 5) is 14.6. The first kappa shape index (κ1) is 20.3. The predicted molar refractivity (Wildman–Crippen MR) is 105 cm³/mol. The lowest BCUT2D eigenvalue weighted by Crippen LogP contribution is -2.36. The molecule has 9 heteroatoms. The maximum atomic E-state index is 13.7. The van der Waals surface area contributed by atoms with Crippen LogP contribution < -0.4 is 4.74 Å². The highest BCUT2D eigenvalue weighted by atomic mass is 35.5. The molecule has 2 aromatic carbocycles. The Kier molecular flexibility index (Phi) is 5.19. The van der Waals surface area contributed by atoms with Crippen molar-refractivity contribution < 1.29 is 22.7 Å². The third-order valence-electron chi connectivity index (χ3n) is 5.10. The zero-order valence-corrected chi connectivity index (χ0v) is 16.9. The third-order valence-corrected chi connectivity index (χ3v) is 5.32. The van der Waals surface area contributed by atoms with Crippen LogP contribution >= 0.6 is 11.6 Å². The van der Waals surface area contributed by atoms with Gasteiger partial charge >= 0.3 is 0 Å². The second kappa shape index (κ2) is 7.68. The SMILES string of the molecule is COc1cc(Cl)cc(C(=O)N2CCc3c(nn(C)c3-c3cc(F)c(F)c(F)c3)C2)c1. The third kappa shape index (κ3) is 3.52. The average Bonchev–Trinajstić information content (AvgIpc) is 3.05. The zero-order valence-electron chi connectivity index (χ0n) is 16.2. The quantitative estimate of drug-likeness (QED) is 0.574. The van der Waals surface area contributed by atoms with E-state index in [1.165, 1.54) is 11.8 Å². The summed E-state index contributed by atoms with van der Waals surface area (Å²) in [5, 5.41) is 4.81. The molecule has 4 rings (SSSR count). The second-order valence-corrected chi connectivity index (χ2v) is 7.44. The number of carbonyl (C=O) groups is 1. The van der Waals surface area contributed by atoms with Gasteiger partial charge in [0, 0.05) is 35.3 Å². The summed E-state index contributed by atoms with van der Waals surface area (Å²) >= 11 is 6.07. The Morgan fingerprint density at radius 2 is 1.83 bits per heavy atom. The van der Waals surface area contributed by atoms with Crippen LogP contribution in [0.5, 0.6) is 5.75 Å². The van der Waals surface area contributed by atoms with Crippen molar-refractivity contribution in [2.45, 2.75) is 13.0 Å². The number of fused-ring (bicyclic) bond motifs is 1. The molecule has 1 aliphatic rings. The van der Waals surface area contributed by atoms with Gasteiger partial charge in [0.05, 0.1) is 25.0 Å². The molecule has 156 valence electrons. The van der Waals surface area contributed by atoms with E-state index in [4.69, 9.17) is 16.3 Å². The number of benzene rings is 2. The smallest absolute Gasteiger partial charge is 0.254 e. The van der Waals surface area contributed by atoms with Crippen molar-refractivity contribution >= 4 is 17.5 Å². The van der Waals surface area contributed by atoms with Crippen molar-refractivity contribution in [3.8, 4) is 17.0 Å². The molecule has 30 heavy (non-hydrogen) atoms. The predicted octanol–water partition coefficient (Wildman–Crippen LogP) is 4.36. The number of methoxy groups -OCH3 is 1. The van der Waals surface area contributed by atoms with Crippen molar-refractivity contribution in [3.05, 3.63) is 69.6 Å². The van der Waals surface area contributed by atoms with Crippen molar-refractivity contribution in [2.75, 3.05) is 13.7 Å². The molecule has 0 aliphatic carbocycles. The van der Waals surface area contributed by atoms with E-state index in [1.54, 1.807) is 30.1 Å². The van der Waals surface area contributed by atoms with Crippen molar-refractivity contribution in [2.24, 2.45) is 7.05 Å². The molecular weight excluding hydrogens is 419 g/mol. The number of nitrogens with zero attached hydrogens (tertiary/aromatic N) is 3. The van der Waals surface area contributed by atoms with E-state index >= 15 is 0 Å². The van der Waals surface area contributed by atoms with E-state index in [0.29, 0.717) is 40.7 Å². The molecule has 0 bridgehead atoms. The molecule has 0 atom stereocenters. The molecule has 1 aliphatic heterocycles. The molecule has 1 aromatic heterocycles. The molecule has 0 spiro atoms. The Morgan fingerprint density at radius 3 is 2.50 bits per heavy atom. The Labute approximate surface area is 175 Å². The van der Waals surface area contributed by atoms with Crippen LogP contribution in [0.4, 0.5) is 13.2 Å². The maximum absolute atomic E-state index is 13.7. The maximum Gasteiger partial charge on any atom is 0.254 e. The highest BCUT2D eigenvalue weighted by Gasteiger charge is 2.28. The van der Waals surface area contributed by atoms with Gasteiger partial charge in [-0.2, -0.15) is 5.10 Å². The summed E-state index contributed by atoms with van der Waals surface area (Å²) in [5.41, 5.74) is 2.48. The monoisotopic (exact) mass is 435 g/mol. The summed E-state index contributed by atoms with van der Waals surface area (Å²) < 4.78 is 47.5. The molecule has 0 saturated carbocycles. The lowest BCUT2D eigenvalue weighted by Gasteiger charge is -2.27. The molecule has 1 amide bonds. The minimum absolute atomic E-state index is 0.196. The first-order chi connectivity index (χ1) is 14.3. The summed E-state index contributed by atoms with van der Waals surface area (Å²) in [7, 11) is 3.13. The van der Waals surface area contributed by atoms with Crippen LogP contribution in [0.25, 0.3) is 11.3 Å². The van der Waals surface area contributed by atoms with Gasteiger partial charge in [0.2, 0.25) is 0 Å². The van der Waals surface area contributed by atoms with Gasteiger partial charge in [-0.05, 0) is 36.8 Å². The summed E-state index contributed by atoms with van der Waals surface area (Å²) in [5.74, 6) is -3.79. The van der Waals surface area contributed by atoms with Gasteiger partial charge in [0.1, 0.15) is 5.75 Å². The largest absolute Gasteiger partial charge is 0.497 e. The van der Waals surface area contributed by atoms with Crippen molar-refractivity contribution in [1.29, 1.82) is 0 Å². The zero-order chi connectivity index (χ0) is 21.6. The fourth-order valence-corrected chi connectivity index (χ4v) is 3.96. The van der Waals surface area contributed by atoms with Crippen LogP contribution in [0.1, 0.15) is 21.6 Å². The normalized spacial score (nSPS) is 13.3. The standard InChI is InChI=1S/C21H17ClF3N3O2/c1-27-20(11-7-16(23)19(25)17(24)8-11)15-3-4-28(10-18(15)26-27)21(29)12-5-13(22)9-14(6-12)30-2/h5-9H,3-4,10H2,1-2H3. The first-order valence-corrected chi connectivity index (χ1v) is 9.49. The van der Waals surface area contributed by atoms with Crippen LogP contribution in [0.2, 0.25) is 5.02 Å². The highest BCUT2D eigenvalue weighted by molar-refractivity contribution is 6.31. The van der Waals surface area contributed by atoms with E-state index < -0.39 is 17.5 Å². The molecule has 0 fully saturated rings. The Bertz CT molecular complexity index is 1140. The van der Waals surface area contributed by atoms with Crippen LogP contribution in [0.3, 0.4) is 0 Å². The fourth-order valence-electron chi connectivity index (χ4n) is 3.73. The van der Waals surface area contributed by atoms with E-state index in [2.05, 4.69) is 5.10 Å². The van der Waals surface area contributed by atoms with Gasteiger partial charge < -0.3 is 9.64 Å². The van der Waals surface area contributed by atoms with Crippen LogP contribution in [0.15, 0.2) is 30.3 Å². The fraction of sp³-hybridized carbons (Fsp3) is 0.238. The van der Waals surface area contributed by atoms with Gasteiger partial charge in [-0.3, -0.25) is 9.48 Å². The number of ether oxygens (including phenoxy) is 1. The van der Waals surface area contributed by atoms with Crippen LogP contribution in [-0.4, -0.2) is 34.2 Å². The van der Waals surface area contributed by atoms with Gasteiger partial charge in [-0.1, -0.05) is 11.6 Å². The number of amides is 1. The van der Waals surface area contributed by atoms with Crippen molar-refractivity contribution in [3.63, 3.8) is 0 Å². The van der Waals surface area contributed by atoms with Crippen LogP contribution in [0, 0.1) is 17.5 Å². The number of aryl methyl sites for hydroxylation is 1. The minimum atomic E-state index is -1.51. The molecule has 0 radical (unpaired) electrons. The first-order valence-electron chi connectivity index (χ1n) is 9.12. The van der Waals surface area contributed by atoms with Gasteiger partial charge in [0.25, 0.3) is 5.91 Å². The number of rotatable bonds is 3. The molecule has 2 heterocycles. The number of carbonyl (C=O) groups excluding carboxylic acids is 1. The summed E-state index contributed by atoms with van der Waals surface area (Å²) in [6.07, 6.45) is 0.433. The van der Waals surface area contributed by atoms with E-state index in [-0.39, 0.29) is 18.0 Å². The van der Waals surface area contributed by atoms with E-state index in [0.717, 1.165) is 17.7 Å². The summed E-state index contributed by atoms with van der Waals surface area (Å²) in [6.45, 7) is 0.606. The topological polar surface area (TPSA) is 47.4 Å². The van der Waals surface area contributed by atoms with Gasteiger partial charge in [-0.15, -0.1) is 0 Å².